The number of halogens is 1. The molecule has 0 aliphatic carbocycles. The molecule has 0 aliphatic heterocycles. The van der Waals surface area contributed by atoms with Gasteiger partial charge in [-0.2, -0.15) is 0 Å². The fourth-order valence-electron chi connectivity index (χ4n) is 2.13. The quantitative estimate of drug-likeness (QED) is 0.692. The van der Waals surface area contributed by atoms with Gasteiger partial charge in [-0.1, -0.05) is 11.6 Å². The smallest absolute Gasteiger partial charge is 0.261 e. The highest BCUT2D eigenvalue weighted by Gasteiger charge is 2.07. The van der Waals surface area contributed by atoms with Gasteiger partial charge in [-0.3, -0.25) is 9.36 Å². The Labute approximate surface area is 141 Å². The van der Waals surface area contributed by atoms with Gasteiger partial charge < -0.3 is 10.1 Å². The molecule has 3 rings (SSSR count). The van der Waals surface area contributed by atoms with E-state index >= 15 is 0 Å². The number of nitrogens with zero attached hydrogens (tertiary/aromatic N) is 3. The van der Waals surface area contributed by atoms with Gasteiger partial charge in [0, 0.05) is 29.8 Å². The third-order valence-corrected chi connectivity index (χ3v) is 4.42. The van der Waals surface area contributed by atoms with Crippen LogP contribution in [0.15, 0.2) is 35.5 Å². The van der Waals surface area contributed by atoms with E-state index in [1.54, 1.807) is 42.4 Å². The van der Waals surface area contributed by atoms with Crippen LogP contribution in [0.4, 0.5) is 5.13 Å². The zero-order valence-corrected chi connectivity index (χ0v) is 14.0. The van der Waals surface area contributed by atoms with E-state index in [1.807, 2.05) is 0 Å². The number of hydrogen-bond acceptors (Lipinski definition) is 6. The molecule has 0 amide bonds. The van der Waals surface area contributed by atoms with Gasteiger partial charge in [0.2, 0.25) is 0 Å². The highest BCUT2D eigenvalue weighted by atomic mass is 35.5. The van der Waals surface area contributed by atoms with Gasteiger partial charge in [-0.05, 0) is 18.2 Å². The van der Waals surface area contributed by atoms with Crippen LogP contribution >= 0.6 is 22.9 Å². The summed E-state index contributed by atoms with van der Waals surface area (Å²) >= 11 is 7.47. The first-order chi connectivity index (χ1) is 11.2. The number of rotatable bonds is 6. The zero-order chi connectivity index (χ0) is 16.2. The Bertz CT molecular complexity index is 877. The van der Waals surface area contributed by atoms with Crippen molar-refractivity contribution >= 4 is 39.0 Å². The topological polar surface area (TPSA) is 69.0 Å². The fraction of sp³-hybridized carbons (Fsp3) is 0.267. The maximum atomic E-state index is 12.5. The molecular formula is C15H15ClN4O2S. The van der Waals surface area contributed by atoms with Crippen LogP contribution in [0.5, 0.6) is 0 Å². The van der Waals surface area contributed by atoms with Crippen molar-refractivity contribution in [2.45, 2.75) is 6.54 Å². The number of ether oxygens (including phenoxy) is 1. The lowest BCUT2D eigenvalue weighted by Crippen LogP contribution is -2.20. The Kier molecular flexibility index (Phi) is 4.90. The second-order valence-corrected chi connectivity index (χ2v) is 6.44. The van der Waals surface area contributed by atoms with Crippen LogP contribution in [0, 0.1) is 0 Å². The van der Waals surface area contributed by atoms with Crippen molar-refractivity contribution in [3.8, 4) is 0 Å². The average Bonchev–Trinajstić information content (AvgIpc) is 2.98. The predicted octanol–water partition coefficient (Wildman–Crippen LogP) is 2.61. The molecule has 1 aromatic carbocycles. The first-order valence-electron chi connectivity index (χ1n) is 6.99. The molecule has 0 atom stereocenters. The van der Waals surface area contributed by atoms with Crippen molar-refractivity contribution in [3.63, 3.8) is 0 Å². The van der Waals surface area contributed by atoms with Crippen molar-refractivity contribution in [1.29, 1.82) is 0 Å². The minimum atomic E-state index is -0.111. The summed E-state index contributed by atoms with van der Waals surface area (Å²) in [5.41, 5.74) is 0.529. The van der Waals surface area contributed by atoms with E-state index < -0.39 is 0 Å². The summed E-state index contributed by atoms with van der Waals surface area (Å²) in [6, 6.07) is 5.11. The predicted molar refractivity (Wildman–Crippen MR) is 92.6 cm³/mol. The number of anilines is 1. The number of thiazole rings is 1. The van der Waals surface area contributed by atoms with Gasteiger partial charge in [0.05, 0.1) is 30.4 Å². The lowest BCUT2D eigenvalue weighted by atomic mass is 10.2. The first kappa shape index (κ1) is 15.9. The molecule has 0 fully saturated rings. The lowest BCUT2D eigenvalue weighted by molar-refractivity contribution is 0.211. The molecule has 6 nitrogen and oxygen atoms in total. The number of aromatic nitrogens is 3. The fourth-order valence-corrected chi connectivity index (χ4v) is 3.14. The highest BCUT2D eigenvalue weighted by Crippen LogP contribution is 2.19. The van der Waals surface area contributed by atoms with E-state index in [1.165, 1.54) is 11.3 Å². The molecule has 2 aromatic heterocycles. The molecule has 0 saturated heterocycles. The van der Waals surface area contributed by atoms with Crippen molar-refractivity contribution < 1.29 is 4.74 Å². The second-order valence-electron chi connectivity index (χ2n) is 4.89. The minimum absolute atomic E-state index is 0.111. The summed E-state index contributed by atoms with van der Waals surface area (Å²) < 4.78 is 6.54. The van der Waals surface area contributed by atoms with Gasteiger partial charge >= 0.3 is 0 Å². The van der Waals surface area contributed by atoms with E-state index in [-0.39, 0.29) is 5.56 Å². The van der Waals surface area contributed by atoms with Crippen LogP contribution in [-0.4, -0.2) is 34.8 Å². The zero-order valence-electron chi connectivity index (χ0n) is 12.5. The van der Waals surface area contributed by atoms with Gasteiger partial charge in [0.25, 0.3) is 5.56 Å². The van der Waals surface area contributed by atoms with Crippen LogP contribution in [0.1, 0.15) is 4.88 Å². The van der Waals surface area contributed by atoms with Crippen LogP contribution in [0.2, 0.25) is 5.02 Å². The molecule has 8 heteroatoms. The number of benzene rings is 1. The summed E-state index contributed by atoms with van der Waals surface area (Å²) in [5.74, 6) is 0. The van der Waals surface area contributed by atoms with Crippen LogP contribution < -0.4 is 10.9 Å². The summed E-state index contributed by atoms with van der Waals surface area (Å²) in [5, 5.41) is 5.01. The molecule has 0 spiro atoms. The largest absolute Gasteiger partial charge is 0.383 e. The standard InChI is InChI=1S/C15H15ClN4O2S/c1-22-5-4-17-15-18-7-11(23-15)8-20-9-19-13-3-2-10(16)6-12(13)14(20)21/h2-3,6-7,9H,4-5,8H2,1H3,(H,17,18). The van der Waals surface area contributed by atoms with Crippen molar-refractivity contribution in [3.05, 3.63) is 51.0 Å². The average molecular weight is 351 g/mol. The maximum absolute atomic E-state index is 12.5. The van der Waals surface area contributed by atoms with Gasteiger partial charge in [0.15, 0.2) is 5.13 Å². The number of fused-ring (bicyclic) bond motifs is 1. The van der Waals surface area contributed by atoms with E-state index in [0.717, 1.165) is 10.0 Å². The van der Waals surface area contributed by atoms with Crippen molar-refractivity contribution in [2.24, 2.45) is 0 Å². The maximum Gasteiger partial charge on any atom is 0.261 e. The highest BCUT2D eigenvalue weighted by molar-refractivity contribution is 7.15. The third kappa shape index (κ3) is 3.69. The summed E-state index contributed by atoms with van der Waals surface area (Å²) in [6.07, 6.45) is 3.31. The molecule has 0 unspecified atom stereocenters. The van der Waals surface area contributed by atoms with Crippen molar-refractivity contribution in [1.82, 2.24) is 14.5 Å². The van der Waals surface area contributed by atoms with Gasteiger partial charge in [-0.25, -0.2) is 9.97 Å². The number of hydrogen-bond donors (Lipinski definition) is 1. The molecule has 0 aliphatic rings. The molecule has 2 heterocycles. The molecule has 120 valence electrons. The van der Waals surface area contributed by atoms with E-state index in [0.29, 0.717) is 35.6 Å². The second kappa shape index (κ2) is 7.08. The molecule has 23 heavy (non-hydrogen) atoms. The molecular weight excluding hydrogens is 336 g/mol. The number of methoxy groups -OCH3 is 1. The summed E-state index contributed by atoms with van der Waals surface area (Å²) in [7, 11) is 1.65. The molecule has 1 N–H and O–H groups in total. The third-order valence-electron chi connectivity index (χ3n) is 3.25. The SMILES string of the molecule is COCCNc1ncc(Cn2cnc3ccc(Cl)cc3c2=O)s1. The Balaban J connectivity index is 1.81. The number of nitrogens with one attached hydrogen (secondary N) is 1. The van der Waals surface area contributed by atoms with Crippen LogP contribution in [-0.2, 0) is 11.3 Å². The van der Waals surface area contributed by atoms with Crippen LogP contribution in [0.3, 0.4) is 0 Å². The summed E-state index contributed by atoms with van der Waals surface area (Å²) in [4.78, 5) is 22.1. The lowest BCUT2D eigenvalue weighted by Gasteiger charge is -2.05. The Morgan fingerprint density at radius 3 is 3.09 bits per heavy atom. The summed E-state index contributed by atoms with van der Waals surface area (Å²) in [6.45, 7) is 1.74. The van der Waals surface area contributed by atoms with E-state index in [4.69, 9.17) is 16.3 Å². The Morgan fingerprint density at radius 2 is 2.26 bits per heavy atom. The van der Waals surface area contributed by atoms with Crippen LogP contribution in [0.25, 0.3) is 10.9 Å². The monoisotopic (exact) mass is 350 g/mol. The van der Waals surface area contributed by atoms with Crippen molar-refractivity contribution in [2.75, 3.05) is 25.6 Å². The van der Waals surface area contributed by atoms with Gasteiger partial charge in [-0.15, -0.1) is 11.3 Å². The molecule has 0 radical (unpaired) electrons. The van der Waals surface area contributed by atoms with E-state index in [9.17, 15) is 4.79 Å². The molecule has 0 saturated carbocycles. The molecule has 0 bridgehead atoms. The Morgan fingerprint density at radius 1 is 1.39 bits per heavy atom. The molecule has 3 aromatic rings. The minimum Gasteiger partial charge on any atom is -0.383 e. The normalized spacial score (nSPS) is 11.0. The Hall–Kier alpha value is -1.96. The first-order valence-corrected chi connectivity index (χ1v) is 8.19. The van der Waals surface area contributed by atoms with Gasteiger partial charge in [0.1, 0.15) is 0 Å². The van der Waals surface area contributed by atoms with E-state index in [2.05, 4.69) is 15.3 Å².